The van der Waals surface area contributed by atoms with Crippen molar-refractivity contribution >= 4 is 11.0 Å². The minimum atomic E-state index is -4.66. The van der Waals surface area contributed by atoms with Crippen molar-refractivity contribution in [3.05, 3.63) is 88.2 Å². The monoisotopic (exact) mass is 553 g/mol. The van der Waals surface area contributed by atoms with E-state index in [4.69, 9.17) is 9.40 Å². The van der Waals surface area contributed by atoms with E-state index >= 15 is 4.39 Å². The Bertz CT molecular complexity index is 1600. The van der Waals surface area contributed by atoms with Crippen molar-refractivity contribution in [1.82, 2.24) is 4.98 Å². The van der Waals surface area contributed by atoms with E-state index in [1.165, 1.54) is 30.3 Å². The second-order valence-corrected chi connectivity index (χ2v) is 11.8. The Morgan fingerprint density at radius 3 is 2.40 bits per heavy atom. The number of nitrogens with zero attached hydrogens (tertiary/aromatic N) is 1. The minimum absolute atomic E-state index is 0.0202. The van der Waals surface area contributed by atoms with E-state index in [2.05, 4.69) is 0 Å². The number of furan rings is 1. The Morgan fingerprint density at radius 1 is 1.00 bits per heavy atom. The van der Waals surface area contributed by atoms with Crippen molar-refractivity contribution in [3.8, 4) is 11.1 Å². The molecule has 2 heterocycles. The Hall–Kier alpha value is -3.26. The fourth-order valence-corrected chi connectivity index (χ4v) is 6.89. The Kier molecular flexibility index (Phi) is 5.86. The van der Waals surface area contributed by atoms with Crippen molar-refractivity contribution in [2.45, 2.75) is 75.7 Å². The molecule has 4 aromatic rings. The molecule has 2 saturated carbocycles. The van der Waals surface area contributed by atoms with Crippen LogP contribution in [0.2, 0.25) is 0 Å². The lowest BCUT2D eigenvalue weighted by Gasteiger charge is -2.34. The van der Waals surface area contributed by atoms with Gasteiger partial charge >= 0.3 is 6.18 Å². The number of rotatable bonds is 4. The summed E-state index contributed by atoms with van der Waals surface area (Å²) in [4.78, 5) is 5.09. The van der Waals surface area contributed by atoms with Gasteiger partial charge in [-0.3, -0.25) is 4.98 Å². The maximum absolute atomic E-state index is 17.0. The van der Waals surface area contributed by atoms with Gasteiger partial charge in [0.15, 0.2) is 6.17 Å². The highest BCUT2D eigenvalue weighted by Crippen LogP contribution is 2.59. The summed E-state index contributed by atoms with van der Waals surface area (Å²) in [6, 6.07) is 10.9. The first-order chi connectivity index (χ1) is 19.1. The molecule has 7 rings (SSSR count). The number of halogens is 5. The standard InChI is InChI=1S/C32H28F5NO2/c33-21-8-5-17(6-9-21)26-27-22(15-31(11-12-31)16-23(27)39)38-30(18-3-1-2-4-18)28(26)29(34)19-7-10-24-20(13-19)14-25(40-24)32(35,36)37/h5-10,13-14,18,23,29,39H,1-4,11-12,15-16H2. The Labute approximate surface area is 228 Å². The molecule has 2 fully saturated rings. The first-order valence-corrected chi connectivity index (χ1v) is 13.9. The molecule has 3 nitrogen and oxygen atoms in total. The third-order valence-corrected chi connectivity index (χ3v) is 9.08. The van der Waals surface area contributed by atoms with E-state index in [-0.39, 0.29) is 27.9 Å². The van der Waals surface area contributed by atoms with Gasteiger partial charge in [0, 0.05) is 28.1 Å². The van der Waals surface area contributed by atoms with Gasteiger partial charge in [-0.05, 0) is 91.0 Å². The summed E-state index contributed by atoms with van der Waals surface area (Å²) in [5, 5.41) is 11.6. The maximum Gasteiger partial charge on any atom is 0.449 e. The molecule has 3 aliphatic rings. The van der Waals surface area contributed by atoms with Crippen molar-refractivity contribution < 1.29 is 31.5 Å². The van der Waals surface area contributed by atoms with Crippen LogP contribution in [0.1, 0.15) is 97.0 Å². The number of pyridine rings is 1. The van der Waals surface area contributed by atoms with Crippen molar-refractivity contribution in [1.29, 1.82) is 0 Å². The molecule has 2 aromatic heterocycles. The predicted molar refractivity (Wildman–Crippen MR) is 140 cm³/mol. The highest BCUT2D eigenvalue weighted by molar-refractivity contribution is 5.80. The molecule has 2 atom stereocenters. The first-order valence-electron chi connectivity index (χ1n) is 13.9. The molecule has 2 aromatic carbocycles. The van der Waals surface area contributed by atoms with Crippen LogP contribution >= 0.6 is 0 Å². The van der Waals surface area contributed by atoms with Crippen LogP contribution in [0, 0.1) is 11.2 Å². The molecule has 0 radical (unpaired) electrons. The lowest BCUT2D eigenvalue weighted by Crippen LogP contribution is -2.25. The number of aliphatic hydroxyl groups is 1. The van der Waals surface area contributed by atoms with Crippen LogP contribution in [-0.4, -0.2) is 10.1 Å². The summed E-state index contributed by atoms with van der Waals surface area (Å²) in [7, 11) is 0. The quantitative estimate of drug-likeness (QED) is 0.256. The zero-order valence-electron chi connectivity index (χ0n) is 21.7. The fraction of sp³-hybridized carbons (Fsp3) is 0.406. The number of hydrogen-bond acceptors (Lipinski definition) is 3. The van der Waals surface area contributed by atoms with Crippen LogP contribution in [-0.2, 0) is 12.6 Å². The first kappa shape index (κ1) is 25.7. The van der Waals surface area contributed by atoms with Gasteiger partial charge in [0.05, 0.1) is 11.8 Å². The molecule has 3 aliphatic carbocycles. The third kappa shape index (κ3) is 4.31. The molecule has 0 amide bonds. The van der Waals surface area contributed by atoms with Gasteiger partial charge in [0.2, 0.25) is 5.76 Å². The van der Waals surface area contributed by atoms with Crippen molar-refractivity contribution in [2.24, 2.45) is 5.41 Å². The second-order valence-electron chi connectivity index (χ2n) is 11.8. The van der Waals surface area contributed by atoms with E-state index < -0.39 is 30.0 Å². The third-order valence-electron chi connectivity index (χ3n) is 9.08. The highest BCUT2D eigenvalue weighted by atomic mass is 19.4. The molecular formula is C32H28F5NO2. The highest BCUT2D eigenvalue weighted by Gasteiger charge is 2.49. The molecule has 0 bridgehead atoms. The molecular weight excluding hydrogens is 525 g/mol. The number of aromatic nitrogens is 1. The van der Waals surface area contributed by atoms with Crippen LogP contribution in [0.5, 0.6) is 0 Å². The Morgan fingerprint density at radius 2 is 1.73 bits per heavy atom. The van der Waals surface area contributed by atoms with Gasteiger partial charge in [-0.2, -0.15) is 13.2 Å². The lowest BCUT2D eigenvalue weighted by atomic mass is 9.76. The van der Waals surface area contributed by atoms with Crippen LogP contribution in [0.25, 0.3) is 22.1 Å². The van der Waals surface area contributed by atoms with E-state index in [0.29, 0.717) is 40.8 Å². The van der Waals surface area contributed by atoms with Crippen molar-refractivity contribution in [2.75, 3.05) is 0 Å². The van der Waals surface area contributed by atoms with Crippen LogP contribution in [0.3, 0.4) is 0 Å². The summed E-state index contributed by atoms with van der Waals surface area (Å²) in [6.45, 7) is 0. The molecule has 0 saturated heterocycles. The van der Waals surface area contributed by atoms with Gasteiger partial charge < -0.3 is 9.52 Å². The molecule has 1 spiro atoms. The maximum atomic E-state index is 17.0. The second kappa shape index (κ2) is 9.13. The van der Waals surface area contributed by atoms with Gasteiger partial charge in [-0.15, -0.1) is 0 Å². The molecule has 1 N–H and O–H groups in total. The summed E-state index contributed by atoms with van der Waals surface area (Å²) >= 11 is 0. The summed E-state index contributed by atoms with van der Waals surface area (Å²) in [6.07, 6.45) is -0.186. The van der Waals surface area contributed by atoms with Gasteiger partial charge in [-0.25, -0.2) is 8.78 Å². The smallest absolute Gasteiger partial charge is 0.449 e. The summed E-state index contributed by atoms with van der Waals surface area (Å²) in [5.41, 5.74) is 3.70. The van der Waals surface area contributed by atoms with Gasteiger partial charge in [-0.1, -0.05) is 31.0 Å². The number of benzene rings is 2. The average molecular weight is 554 g/mol. The molecule has 208 valence electrons. The molecule has 40 heavy (non-hydrogen) atoms. The largest absolute Gasteiger partial charge is 0.452 e. The van der Waals surface area contributed by atoms with Crippen LogP contribution in [0.4, 0.5) is 22.0 Å². The van der Waals surface area contributed by atoms with E-state index in [1.807, 2.05) is 0 Å². The van der Waals surface area contributed by atoms with Crippen LogP contribution < -0.4 is 0 Å². The fourth-order valence-electron chi connectivity index (χ4n) is 6.89. The molecule has 0 aliphatic heterocycles. The number of hydrogen-bond donors (Lipinski definition) is 1. The average Bonchev–Trinajstić information content (AvgIpc) is 3.31. The van der Waals surface area contributed by atoms with Gasteiger partial charge in [0.25, 0.3) is 0 Å². The normalized spacial score (nSPS) is 21.2. The lowest BCUT2D eigenvalue weighted by molar-refractivity contribution is -0.152. The SMILES string of the molecule is OC1CC2(CC2)Cc2nc(C3CCCC3)c(C(F)c3ccc4oc(C(F)(F)F)cc4c3)c(-c3ccc(F)cc3)c21. The predicted octanol–water partition coefficient (Wildman–Crippen LogP) is 9.13. The van der Waals surface area contributed by atoms with E-state index in [9.17, 15) is 22.7 Å². The zero-order chi connectivity index (χ0) is 27.8. The topological polar surface area (TPSA) is 46.3 Å². The number of fused-ring (bicyclic) bond motifs is 2. The number of alkyl halides is 4. The molecule has 2 unspecified atom stereocenters. The minimum Gasteiger partial charge on any atom is -0.452 e. The molecule has 8 heteroatoms. The van der Waals surface area contributed by atoms with Gasteiger partial charge in [0.1, 0.15) is 11.4 Å². The van der Waals surface area contributed by atoms with Crippen LogP contribution in [0.15, 0.2) is 52.9 Å². The summed E-state index contributed by atoms with van der Waals surface area (Å²) < 4.78 is 75.8. The van der Waals surface area contributed by atoms with Crippen molar-refractivity contribution in [3.63, 3.8) is 0 Å². The number of aliphatic hydroxyl groups excluding tert-OH is 1. The Balaban J connectivity index is 1.46. The summed E-state index contributed by atoms with van der Waals surface area (Å²) in [5.74, 6) is -1.54. The zero-order valence-corrected chi connectivity index (χ0v) is 21.7. The van der Waals surface area contributed by atoms with E-state index in [0.717, 1.165) is 50.3 Å². The van der Waals surface area contributed by atoms with E-state index in [1.54, 1.807) is 12.1 Å².